The minimum absolute atomic E-state index is 0.0109. The van der Waals surface area contributed by atoms with Gasteiger partial charge >= 0.3 is 6.03 Å². The van der Waals surface area contributed by atoms with Gasteiger partial charge in [-0.3, -0.25) is 14.4 Å². The normalized spacial score (nSPS) is 21.0. The number of nitrogens with zero attached hydrogens (tertiary/aromatic N) is 5. The molecular weight excluding hydrogens is 393 g/mol. The second kappa shape index (κ2) is 7.50. The van der Waals surface area contributed by atoms with Crippen molar-refractivity contribution in [3.63, 3.8) is 0 Å². The van der Waals surface area contributed by atoms with E-state index in [1.165, 1.54) is 12.1 Å². The first-order valence-corrected chi connectivity index (χ1v) is 10.6. The number of carbonyl (C=O) groups excluding carboxylic acids is 1. The van der Waals surface area contributed by atoms with Crippen LogP contribution >= 0.6 is 0 Å². The van der Waals surface area contributed by atoms with Gasteiger partial charge in [0.2, 0.25) is 0 Å². The van der Waals surface area contributed by atoms with Crippen molar-refractivity contribution < 1.29 is 9.18 Å². The second-order valence-corrected chi connectivity index (χ2v) is 8.54. The minimum atomic E-state index is -0.280. The number of urea groups is 1. The van der Waals surface area contributed by atoms with Crippen LogP contribution in [0.2, 0.25) is 0 Å². The van der Waals surface area contributed by atoms with Crippen LogP contribution in [0.3, 0.4) is 0 Å². The van der Waals surface area contributed by atoms with Crippen LogP contribution in [0.4, 0.5) is 14.9 Å². The molecule has 2 aliphatic rings. The number of likely N-dealkylation sites (N-methyl/N-ethyl adjacent to an activating group) is 1. The Balaban J connectivity index is 1.54. The van der Waals surface area contributed by atoms with Crippen molar-refractivity contribution in [2.75, 3.05) is 25.0 Å². The molecule has 160 valence electrons. The number of halogens is 1. The third-order valence-electron chi connectivity index (χ3n) is 6.59. The number of anilines is 1. The van der Waals surface area contributed by atoms with Crippen molar-refractivity contribution >= 4 is 11.7 Å². The zero-order valence-corrected chi connectivity index (χ0v) is 18.0. The molecule has 0 N–H and O–H groups in total. The van der Waals surface area contributed by atoms with Crippen molar-refractivity contribution in [2.45, 2.75) is 32.5 Å². The maximum atomic E-state index is 13.7. The molecule has 0 aliphatic carbocycles. The quantitative estimate of drug-likeness (QED) is 0.595. The smallest absolute Gasteiger partial charge is 0.321 e. The molecule has 1 fully saturated rings. The van der Waals surface area contributed by atoms with E-state index in [0.717, 1.165) is 28.3 Å². The van der Waals surface area contributed by atoms with E-state index in [2.05, 4.69) is 30.8 Å². The lowest BCUT2D eigenvalue weighted by Gasteiger charge is -2.44. The number of benzene rings is 2. The highest BCUT2D eigenvalue weighted by atomic mass is 19.1. The maximum absolute atomic E-state index is 13.7. The fraction of sp³-hybridized carbons (Fsp3) is 0.333. The SMILES string of the molecule is CC1CN(C(=O)N2Cc3c(-c4ccc(F)cc4)ncn3-c3ccccc32)CC(C)N1C. The van der Waals surface area contributed by atoms with Crippen LogP contribution in [-0.4, -0.2) is 57.6 Å². The molecule has 2 atom stereocenters. The van der Waals surface area contributed by atoms with Gasteiger partial charge in [-0.2, -0.15) is 0 Å². The van der Waals surface area contributed by atoms with Crippen LogP contribution < -0.4 is 4.90 Å². The number of hydrogen-bond acceptors (Lipinski definition) is 3. The Hall–Kier alpha value is -3.19. The Bertz CT molecular complexity index is 1110. The summed E-state index contributed by atoms with van der Waals surface area (Å²) in [5.74, 6) is -0.280. The van der Waals surface area contributed by atoms with E-state index < -0.39 is 0 Å². The van der Waals surface area contributed by atoms with E-state index in [0.29, 0.717) is 31.7 Å². The summed E-state index contributed by atoms with van der Waals surface area (Å²) in [6, 6.07) is 14.9. The summed E-state index contributed by atoms with van der Waals surface area (Å²) in [5.41, 5.74) is 4.33. The Kier molecular flexibility index (Phi) is 4.78. The molecule has 3 heterocycles. The topological polar surface area (TPSA) is 44.6 Å². The summed E-state index contributed by atoms with van der Waals surface area (Å²) in [6.45, 7) is 6.12. The largest absolute Gasteiger partial charge is 0.325 e. The molecule has 1 saturated heterocycles. The summed E-state index contributed by atoms with van der Waals surface area (Å²) < 4.78 is 15.5. The van der Waals surface area contributed by atoms with Crippen molar-refractivity contribution in [2.24, 2.45) is 0 Å². The minimum Gasteiger partial charge on any atom is -0.321 e. The molecule has 1 aromatic heterocycles. The molecule has 2 unspecified atom stereocenters. The van der Waals surface area contributed by atoms with Gasteiger partial charge in [-0.25, -0.2) is 14.2 Å². The Morgan fingerprint density at radius 3 is 2.32 bits per heavy atom. The lowest BCUT2D eigenvalue weighted by Crippen LogP contribution is -2.59. The second-order valence-electron chi connectivity index (χ2n) is 8.54. The van der Waals surface area contributed by atoms with Gasteiger partial charge in [0.25, 0.3) is 0 Å². The van der Waals surface area contributed by atoms with Gasteiger partial charge < -0.3 is 4.90 Å². The lowest BCUT2D eigenvalue weighted by molar-refractivity contribution is 0.0791. The van der Waals surface area contributed by atoms with Crippen molar-refractivity contribution in [3.05, 3.63) is 66.4 Å². The summed E-state index contributed by atoms with van der Waals surface area (Å²) in [5, 5.41) is 0. The number of aromatic nitrogens is 2. The van der Waals surface area contributed by atoms with Gasteiger partial charge in [0, 0.05) is 30.7 Å². The molecule has 5 rings (SSSR count). The zero-order chi connectivity index (χ0) is 21.7. The van der Waals surface area contributed by atoms with Crippen LogP contribution in [0.25, 0.3) is 16.9 Å². The van der Waals surface area contributed by atoms with E-state index in [1.54, 1.807) is 18.5 Å². The first-order valence-electron chi connectivity index (χ1n) is 10.6. The van der Waals surface area contributed by atoms with Gasteiger partial charge in [-0.15, -0.1) is 0 Å². The molecule has 0 radical (unpaired) electrons. The number of amides is 2. The van der Waals surface area contributed by atoms with E-state index in [9.17, 15) is 9.18 Å². The van der Waals surface area contributed by atoms with Crippen LogP contribution in [-0.2, 0) is 6.54 Å². The number of rotatable bonds is 1. The number of hydrogen-bond donors (Lipinski definition) is 0. The fourth-order valence-electron chi connectivity index (χ4n) is 4.61. The van der Waals surface area contributed by atoms with Gasteiger partial charge in [-0.05, 0) is 57.3 Å². The fourth-order valence-corrected chi connectivity index (χ4v) is 4.61. The molecule has 7 heteroatoms. The van der Waals surface area contributed by atoms with Gasteiger partial charge in [0.05, 0.1) is 29.3 Å². The highest BCUT2D eigenvalue weighted by Gasteiger charge is 2.35. The standard InChI is InChI=1S/C24H26FN5O/c1-16-12-28(13-17(2)27(16)3)24(31)29-14-22-23(18-8-10-19(25)11-9-18)26-15-30(22)21-7-5-4-6-20(21)29/h4-11,15-17H,12-14H2,1-3H3. The molecule has 6 nitrogen and oxygen atoms in total. The highest BCUT2D eigenvalue weighted by Crippen LogP contribution is 2.36. The number of carbonyl (C=O) groups is 1. The van der Waals surface area contributed by atoms with E-state index in [-0.39, 0.29) is 11.8 Å². The van der Waals surface area contributed by atoms with Gasteiger partial charge in [-0.1, -0.05) is 12.1 Å². The molecule has 2 amide bonds. The molecule has 2 aliphatic heterocycles. The molecule has 3 aromatic rings. The molecule has 2 aromatic carbocycles. The van der Waals surface area contributed by atoms with Crippen LogP contribution in [0.1, 0.15) is 19.5 Å². The first kappa shape index (κ1) is 19.8. The van der Waals surface area contributed by atoms with Crippen LogP contribution in [0, 0.1) is 5.82 Å². The van der Waals surface area contributed by atoms with Gasteiger partial charge in [0.15, 0.2) is 0 Å². The third-order valence-corrected chi connectivity index (χ3v) is 6.59. The van der Waals surface area contributed by atoms with E-state index in [1.807, 2.05) is 38.6 Å². The number of piperazine rings is 1. The van der Waals surface area contributed by atoms with E-state index >= 15 is 0 Å². The Morgan fingerprint density at radius 2 is 1.65 bits per heavy atom. The summed E-state index contributed by atoms with van der Waals surface area (Å²) in [6.07, 6.45) is 1.79. The molecule has 31 heavy (non-hydrogen) atoms. The predicted molar refractivity (Wildman–Crippen MR) is 119 cm³/mol. The zero-order valence-electron chi connectivity index (χ0n) is 18.0. The average Bonchev–Trinajstić information content (AvgIpc) is 3.21. The molecule has 0 spiro atoms. The van der Waals surface area contributed by atoms with Crippen molar-refractivity contribution in [3.8, 4) is 16.9 Å². The summed E-state index contributed by atoms with van der Waals surface area (Å²) in [7, 11) is 2.11. The van der Waals surface area contributed by atoms with Crippen molar-refractivity contribution in [1.29, 1.82) is 0 Å². The lowest BCUT2D eigenvalue weighted by atomic mass is 10.1. The molecule has 0 bridgehead atoms. The molecular formula is C24H26FN5O. The Morgan fingerprint density at radius 1 is 1.00 bits per heavy atom. The average molecular weight is 420 g/mol. The van der Waals surface area contributed by atoms with E-state index in [4.69, 9.17) is 0 Å². The first-order chi connectivity index (χ1) is 14.9. The Labute approximate surface area is 181 Å². The maximum Gasteiger partial charge on any atom is 0.325 e. The number of para-hydroxylation sites is 2. The summed E-state index contributed by atoms with van der Waals surface area (Å²) in [4.78, 5) is 24.4. The van der Waals surface area contributed by atoms with Crippen molar-refractivity contribution in [1.82, 2.24) is 19.4 Å². The van der Waals surface area contributed by atoms with Crippen LogP contribution in [0.5, 0.6) is 0 Å². The third kappa shape index (κ3) is 3.29. The number of fused-ring (bicyclic) bond motifs is 3. The predicted octanol–water partition coefficient (Wildman–Crippen LogP) is 4.14. The van der Waals surface area contributed by atoms with Gasteiger partial charge in [0.1, 0.15) is 12.1 Å². The summed E-state index contributed by atoms with van der Waals surface area (Å²) >= 11 is 0. The highest BCUT2D eigenvalue weighted by molar-refractivity contribution is 5.95. The monoisotopic (exact) mass is 419 g/mol. The van der Waals surface area contributed by atoms with Crippen LogP contribution in [0.15, 0.2) is 54.9 Å². The number of imidazole rings is 1. The molecule has 0 saturated carbocycles.